The molecule has 2 bridgehead atoms. The van der Waals surface area contributed by atoms with Gasteiger partial charge >= 0.3 is 0 Å². The Morgan fingerprint density at radius 3 is 2.57 bits per heavy atom. The highest BCUT2D eigenvalue weighted by Gasteiger charge is 2.58. The first kappa shape index (κ1) is 24.5. The Bertz CT molecular complexity index is 1340. The van der Waals surface area contributed by atoms with Gasteiger partial charge in [-0.2, -0.15) is 0 Å². The maximum atomic E-state index is 15.8. The smallest absolute Gasteiger partial charge is 0.185 e. The van der Waals surface area contributed by atoms with Crippen molar-refractivity contribution in [2.75, 3.05) is 11.2 Å². The molecular weight excluding hydrogens is 494 g/mol. The Morgan fingerprint density at radius 1 is 1.08 bits per heavy atom. The molecule has 4 atom stereocenters. The Hall–Kier alpha value is -2.85. The highest BCUT2D eigenvalue weighted by Crippen LogP contribution is 2.48. The van der Waals surface area contributed by atoms with Crippen LogP contribution in [0.4, 0.5) is 14.6 Å². The van der Waals surface area contributed by atoms with Crippen LogP contribution in [0, 0.1) is 5.82 Å². The third kappa shape index (κ3) is 4.33. The van der Waals surface area contributed by atoms with E-state index in [-0.39, 0.29) is 29.2 Å². The maximum Gasteiger partial charge on any atom is 0.185 e. The molecule has 0 radical (unpaired) electrons. The minimum Gasteiger partial charge on any atom is -0.507 e. The van der Waals surface area contributed by atoms with Gasteiger partial charge in [0.1, 0.15) is 17.7 Å². The fourth-order valence-electron chi connectivity index (χ4n) is 6.07. The lowest BCUT2D eigenvalue weighted by Gasteiger charge is -2.48. The first-order chi connectivity index (χ1) is 17.7. The molecule has 0 unspecified atom stereocenters. The van der Waals surface area contributed by atoms with Gasteiger partial charge in [-0.25, -0.2) is 18.7 Å². The third-order valence-electron chi connectivity index (χ3n) is 8.09. The Kier molecular flexibility index (Phi) is 5.87. The molecule has 7 nitrogen and oxygen atoms in total. The highest BCUT2D eigenvalue weighted by atomic mass is 32.2. The van der Waals surface area contributed by atoms with Gasteiger partial charge in [0.05, 0.1) is 29.0 Å². The molecule has 1 saturated carbocycles. The van der Waals surface area contributed by atoms with E-state index >= 15 is 4.39 Å². The first-order valence-electron chi connectivity index (χ1n) is 12.6. The summed E-state index contributed by atoms with van der Waals surface area (Å²) < 4.78 is 30.2. The number of hydrogen-bond donors (Lipinski definition) is 2. The molecule has 3 aromatic rings. The predicted molar refractivity (Wildman–Crippen MR) is 140 cm³/mol. The molecule has 2 N–H and O–H groups in total. The van der Waals surface area contributed by atoms with Crippen molar-refractivity contribution in [3.63, 3.8) is 0 Å². The predicted octanol–water partition coefficient (Wildman–Crippen LogP) is 5.15. The Morgan fingerprint density at radius 2 is 1.89 bits per heavy atom. The van der Waals surface area contributed by atoms with Crippen molar-refractivity contribution in [1.29, 1.82) is 0 Å². The highest BCUT2D eigenvalue weighted by molar-refractivity contribution is 7.98. The molecule has 1 aliphatic carbocycles. The molecule has 6 rings (SSSR count). The quantitative estimate of drug-likeness (QED) is 0.429. The van der Waals surface area contributed by atoms with E-state index in [1.165, 1.54) is 24.0 Å². The van der Waals surface area contributed by atoms with Crippen molar-refractivity contribution in [3.8, 4) is 28.3 Å². The summed E-state index contributed by atoms with van der Waals surface area (Å²) >= 11 is 1.41. The number of fused-ring (bicyclic) bond motifs is 2. The topological polar surface area (TPSA) is 87.1 Å². The maximum absolute atomic E-state index is 15.8. The summed E-state index contributed by atoms with van der Waals surface area (Å²) in [4.78, 5) is 10.6. The van der Waals surface area contributed by atoms with Gasteiger partial charge in [-0.15, -0.1) is 22.0 Å². The number of halogens is 2. The largest absolute Gasteiger partial charge is 0.507 e. The van der Waals surface area contributed by atoms with Crippen molar-refractivity contribution in [2.45, 2.75) is 80.3 Å². The summed E-state index contributed by atoms with van der Waals surface area (Å²) in [5.41, 5.74) is 0.647. The number of aromatic nitrogens is 4. The number of alkyl halides is 1. The molecule has 3 aliphatic rings. The van der Waals surface area contributed by atoms with Gasteiger partial charge in [0.2, 0.25) is 0 Å². The number of aromatic hydroxyl groups is 1. The summed E-state index contributed by atoms with van der Waals surface area (Å²) in [5.74, 6) is 0.275. The van der Waals surface area contributed by atoms with Crippen molar-refractivity contribution in [2.24, 2.45) is 0 Å². The number of pyridine rings is 1. The van der Waals surface area contributed by atoms with Gasteiger partial charge in [0.25, 0.3) is 0 Å². The molecule has 2 aromatic heterocycles. The van der Waals surface area contributed by atoms with Crippen molar-refractivity contribution < 1.29 is 13.9 Å². The lowest BCUT2D eigenvalue weighted by molar-refractivity contribution is 0.0831. The van der Waals surface area contributed by atoms with Gasteiger partial charge < -0.3 is 15.3 Å². The summed E-state index contributed by atoms with van der Waals surface area (Å²) in [5, 5.41) is 23.7. The summed E-state index contributed by atoms with van der Waals surface area (Å²) in [6.45, 7) is 4.17. The zero-order valence-corrected chi connectivity index (χ0v) is 21.9. The van der Waals surface area contributed by atoms with Gasteiger partial charge in [0.15, 0.2) is 11.6 Å². The molecule has 0 spiro atoms. The zero-order chi connectivity index (χ0) is 25.9. The van der Waals surface area contributed by atoms with Crippen LogP contribution in [0.1, 0.15) is 46.0 Å². The number of rotatable bonds is 6. The summed E-state index contributed by atoms with van der Waals surface area (Å²) in [6, 6.07) is 6.46. The molecular formula is C27H30F2N6OS. The molecule has 10 heteroatoms. The van der Waals surface area contributed by atoms with E-state index < -0.39 is 17.5 Å². The number of hydrogen-bond acceptors (Lipinski definition) is 8. The molecule has 4 heterocycles. The van der Waals surface area contributed by atoms with Crippen LogP contribution in [0.3, 0.4) is 0 Å². The normalized spacial score (nSPS) is 28.9. The van der Waals surface area contributed by atoms with Crippen LogP contribution in [0.5, 0.6) is 5.75 Å². The van der Waals surface area contributed by atoms with E-state index in [4.69, 9.17) is 0 Å². The van der Waals surface area contributed by atoms with Crippen LogP contribution in [0.2, 0.25) is 0 Å². The number of phenols is 1. The second kappa shape index (κ2) is 8.87. The molecule has 194 valence electrons. The van der Waals surface area contributed by atoms with E-state index in [0.29, 0.717) is 34.0 Å². The van der Waals surface area contributed by atoms with Crippen molar-refractivity contribution >= 4 is 17.6 Å². The standard InChI is InChI=1S/C27H30F2N6OS/c1-26-8-9-27(2,34-26)24(29)20(12-26)35(16-5-6-16)22-14-31-25(33-32-22)17-7-4-15(10-21(17)36)18-11-23(37-3)30-13-19(18)28/h4,7,10-11,13-14,16,20,24,34,36H,5-6,8-9,12H2,1-3H3/t20-,24-,26-,27+/m0/s1. The van der Waals surface area contributed by atoms with Crippen molar-refractivity contribution in [3.05, 3.63) is 42.5 Å². The first-order valence-corrected chi connectivity index (χ1v) is 13.9. The van der Waals surface area contributed by atoms with E-state index in [9.17, 15) is 9.50 Å². The SMILES string of the molecule is CSc1cc(-c2ccc(-c3ncc(N(C4CC4)[C@H]4C[C@]5(C)CC[C@@](C)(N5)[C@H]4F)nn3)c(O)c2)c(F)cn1. The van der Waals surface area contributed by atoms with Crippen LogP contribution in [0.25, 0.3) is 22.5 Å². The average Bonchev–Trinajstić information content (AvgIpc) is 3.68. The van der Waals surface area contributed by atoms with Crippen molar-refractivity contribution in [1.82, 2.24) is 25.5 Å². The fraction of sp³-hybridized carbons (Fsp3) is 0.481. The van der Waals surface area contributed by atoms with Crippen LogP contribution < -0.4 is 10.2 Å². The molecule has 0 amide bonds. The number of piperidine rings is 1. The molecule has 1 aromatic carbocycles. The Labute approximate surface area is 219 Å². The van der Waals surface area contributed by atoms with E-state index in [1.54, 1.807) is 24.4 Å². The van der Waals surface area contributed by atoms with Crippen LogP contribution in [0.15, 0.2) is 41.7 Å². The molecule has 3 fully saturated rings. The van der Waals surface area contributed by atoms with E-state index in [0.717, 1.165) is 25.7 Å². The minimum absolute atomic E-state index is 0.0763. The number of nitrogens with one attached hydrogen (secondary N) is 1. The number of phenolic OH excluding ortho intramolecular Hbond substituents is 1. The minimum atomic E-state index is -1.03. The van der Waals surface area contributed by atoms with Crippen LogP contribution in [-0.4, -0.2) is 60.9 Å². The van der Waals surface area contributed by atoms with Gasteiger partial charge in [0, 0.05) is 22.7 Å². The van der Waals surface area contributed by atoms with Gasteiger partial charge in [-0.05, 0) is 76.0 Å². The van der Waals surface area contributed by atoms with E-state index in [1.807, 2.05) is 13.2 Å². The number of benzene rings is 1. The van der Waals surface area contributed by atoms with Crippen LogP contribution >= 0.6 is 11.8 Å². The zero-order valence-electron chi connectivity index (χ0n) is 21.1. The molecule has 37 heavy (non-hydrogen) atoms. The second-order valence-corrected chi connectivity index (χ2v) is 11.8. The van der Waals surface area contributed by atoms with Gasteiger partial charge in [-0.1, -0.05) is 6.07 Å². The lowest BCUT2D eigenvalue weighted by Crippen LogP contribution is -2.66. The third-order valence-corrected chi connectivity index (χ3v) is 8.73. The average molecular weight is 525 g/mol. The number of nitrogens with zero attached hydrogens (tertiary/aromatic N) is 5. The lowest BCUT2D eigenvalue weighted by atomic mass is 9.82. The van der Waals surface area contributed by atoms with E-state index in [2.05, 4.69) is 37.3 Å². The van der Waals surface area contributed by atoms with Gasteiger partial charge in [-0.3, -0.25) is 0 Å². The number of thioether (sulfide) groups is 1. The molecule has 2 aliphatic heterocycles. The monoisotopic (exact) mass is 524 g/mol. The second-order valence-electron chi connectivity index (χ2n) is 11.0. The fourth-order valence-corrected chi connectivity index (χ4v) is 6.46. The Balaban J connectivity index is 1.28. The molecule has 2 saturated heterocycles. The summed E-state index contributed by atoms with van der Waals surface area (Å²) in [7, 11) is 0. The summed E-state index contributed by atoms with van der Waals surface area (Å²) in [6.07, 6.45) is 8.13. The van der Waals surface area contributed by atoms with Crippen LogP contribution in [-0.2, 0) is 0 Å². The number of anilines is 1.